The number of amides is 1. The summed E-state index contributed by atoms with van der Waals surface area (Å²) in [7, 11) is 0. The van der Waals surface area contributed by atoms with E-state index in [1.807, 2.05) is 36.6 Å². The van der Waals surface area contributed by atoms with Crippen molar-refractivity contribution in [2.24, 2.45) is 0 Å². The number of rotatable bonds is 4. The van der Waals surface area contributed by atoms with Crippen LogP contribution in [0, 0.1) is 13.8 Å². The van der Waals surface area contributed by atoms with Crippen molar-refractivity contribution in [1.82, 2.24) is 9.38 Å². The van der Waals surface area contributed by atoms with E-state index in [1.165, 1.54) is 0 Å². The van der Waals surface area contributed by atoms with Crippen LogP contribution in [0.1, 0.15) is 40.7 Å². The average molecular weight is 323 g/mol. The van der Waals surface area contributed by atoms with E-state index in [2.05, 4.69) is 17.2 Å². The molecule has 0 unspecified atom stereocenters. The van der Waals surface area contributed by atoms with Gasteiger partial charge in [-0.05, 0) is 49.6 Å². The fourth-order valence-electron chi connectivity index (χ4n) is 2.83. The van der Waals surface area contributed by atoms with E-state index in [1.54, 1.807) is 18.2 Å². The number of aromatic nitrogens is 2. The molecule has 1 aromatic carbocycles. The first-order valence-electron chi connectivity index (χ1n) is 8.08. The Morgan fingerprint density at radius 3 is 2.83 bits per heavy atom. The van der Waals surface area contributed by atoms with E-state index in [-0.39, 0.29) is 11.7 Å². The molecule has 5 nitrogen and oxygen atoms in total. The predicted molar refractivity (Wildman–Crippen MR) is 94.7 cm³/mol. The minimum atomic E-state index is -0.266. The largest absolute Gasteiger partial charge is 0.506 e. The van der Waals surface area contributed by atoms with E-state index < -0.39 is 0 Å². The van der Waals surface area contributed by atoms with Crippen LogP contribution in [-0.2, 0) is 6.42 Å². The molecular weight excluding hydrogens is 302 g/mol. The van der Waals surface area contributed by atoms with Gasteiger partial charge in [-0.15, -0.1) is 0 Å². The van der Waals surface area contributed by atoms with Crippen molar-refractivity contribution in [3.05, 3.63) is 59.0 Å². The van der Waals surface area contributed by atoms with Gasteiger partial charge in [-0.3, -0.25) is 9.20 Å². The van der Waals surface area contributed by atoms with Gasteiger partial charge in [-0.1, -0.05) is 25.5 Å². The average Bonchev–Trinajstić information content (AvgIpc) is 2.91. The molecule has 1 amide bonds. The van der Waals surface area contributed by atoms with E-state index in [0.29, 0.717) is 11.4 Å². The number of pyridine rings is 1. The molecule has 0 spiro atoms. The Balaban J connectivity index is 2.07. The first kappa shape index (κ1) is 16.1. The molecule has 5 heteroatoms. The highest BCUT2D eigenvalue weighted by molar-refractivity contribution is 6.05. The van der Waals surface area contributed by atoms with Crippen LogP contribution in [0.15, 0.2) is 36.5 Å². The molecule has 0 atom stereocenters. The summed E-state index contributed by atoms with van der Waals surface area (Å²) in [5.41, 5.74) is 4.48. The first-order valence-corrected chi connectivity index (χ1v) is 8.08. The molecule has 0 saturated heterocycles. The molecule has 0 aliphatic heterocycles. The lowest BCUT2D eigenvalue weighted by atomic mass is 10.2. The third-order valence-electron chi connectivity index (χ3n) is 4.02. The number of carbonyl (C=O) groups is 1. The lowest BCUT2D eigenvalue weighted by molar-refractivity contribution is 0.102. The van der Waals surface area contributed by atoms with Crippen molar-refractivity contribution >= 4 is 17.2 Å². The van der Waals surface area contributed by atoms with E-state index in [9.17, 15) is 9.90 Å². The zero-order chi connectivity index (χ0) is 17.3. The maximum absolute atomic E-state index is 12.9. The Hall–Kier alpha value is -2.82. The highest BCUT2D eigenvalue weighted by Crippen LogP contribution is 2.25. The predicted octanol–water partition coefficient (Wildman–Crippen LogP) is 3.86. The molecule has 3 aromatic rings. The molecule has 24 heavy (non-hydrogen) atoms. The number of benzene rings is 1. The first-order chi connectivity index (χ1) is 11.5. The summed E-state index contributed by atoms with van der Waals surface area (Å²) in [6, 6.07) is 9.01. The number of aromatic hydroxyl groups is 1. The number of nitrogens with one attached hydrogen (secondary N) is 1. The fraction of sp³-hybridized carbons (Fsp3) is 0.263. The van der Waals surface area contributed by atoms with Crippen LogP contribution >= 0.6 is 0 Å². The SMILES string of the molecule is CCCc1nc2c(C)cccn2c1C(=O)Nc1cc(C)ccc1O. The zero-order valence-corrected chi connectivity index (χ0v) is 14.1. The Morgan fingerprint density at radius 2 is 2.08 bits per heavy atom. The van der Waals surface area contributed by atoms with Gasteiger partial charge in [0.25, 0.3) is 5.91 Å². The second-order valence-electron chi connectivity index (χ2n) is 6.02. The molecule has 0 aliphatic carbocycles. The summed E-state index contributed by atoms with van der Waals surface area (Å²) in [5, 5.41) is 12.8. The molecule has 0 fully saturated rings. The Kier molecular flexibility index (Phi) is 4.25. The number of carbonyl (C=O) groups excluding carboxylic acids is 1. The number of anilines is 1. The van der Waals surface area contributed by atoms with Crippen LogP contribution in [0.4, 0.5) is 5.69 Å². The lowest BCUT2D eigenvalue weighted by Crippen LogP contribution is -2.16. The van der Waals surface area contributed by atoms with Gasteiger partial charge in [0.2, 0.25) is 0 Å². The highest BCUT2D eigenvalue weighted by atomic mass is 16.3. The summed E-state index contributed by atoms with van der Waals surface area (Å²) in [5.74, 6) is -0.214. The van der Waals surface area contributed by atoms with Crippen LogP contribution in [-0.4, -0.2) is 20.4 Å². The number of hydrogen-bond acceptors (Lipinski definition) is 3. The van der Waals surface area contributed by atoms with Crippen molar-refractivity contribution in [3.63, 3.8) is 0 Å². The number of aryl methyl sites for hydroxylation is 3. The number of imidazole rings is 1. The fourth-order valence-corrected chi connectivity index (χ4v) is 2.83. The highest BCUT2D eigenvalue weighted by Gasteiger charge is 2.20. The maximum atomic E-state index is 12.9. The topological polar surface area (TPSA) is 66.6 Å². The molecule has 2 aromatic heterocycles. The second-order valence-corrected chi connectivity index (χ2v) is 6.02. The van der Waals surface area contributed by atoms with Gasteiger partial charge in [-0.2, -0.15) is 0 Å². The van der Waals surface area contributed by atoms with E-state index >= 15 is 0 Å². The van der Waals surface area contributed by atoms with Gasteiger partial charge < -0.3 is 10.4 Å². The van der Waals surface area contributed by atoms with Crippen molar-refractivity contribution in [2.75, 3.05) is 5.32 Å². The van der Waals surface area contributed by atoms with Gasteiger partial charge >= 0.3 is 0 Å². The standard InChI is InChI=1S/C19H21N3O2/c1-4-6-14-17(22-10-5-7-13(3)18(22)20-14)19(24)21-15-11-12(2)8-9-16(15)23/h5,7-11,23H,4,6H2,1-3H3,(H,21,24). The van der Waals surface area contributed by atoms with Crippen LogP contribution < -0.4 is 5.32 Å². The molecule has 3 rings (SSSR count). The van der Waals surface area contributed by atoms with Gasteiger partial charge in [0.05, 0.1) is 11.4 Å². The quantitative estimate of drug-likeness (QED) is 0.716. The number of phenolic OH excluding ortho intramolecular Hbond substituents is 1. The van der Waals surface area contributed by atoms with Crippen molar-refractivity contribution < 1.29 is 9.90 Å². The van der Waals surface area contributed by atoms with Gasteiger partial charge in [0.1, 0.15) is 17.1 Å². The summed E-state index contributed by atoms with van der Waals surface area (Å²) in [6.45, 7) is 5.95. The number of fused-ring (bicyclic) bond motifs is 1. The summed E-state index contributed by atoms with van der Waals surface area (Å²) in [6.07, 6.45) is 3.47. The van der Waals surface area contributed by atoms with Crippen LogP contribution in [0.3, 0.4) is 0 Å². The summed E-state index contributed by atoms with van der Waals surface area (Å²) >= 11 is 0. The zero-order valence-electron chi connectivity index (χ0n) is 14.1. The van der Waals surface area contributed by atoms with Crippen LogP contribution in [0.25, 0.3) is 5.65 Å². The van der Waals surface area contributed by atoms with Crippen LogP contribution in [0.2, 0.25) is 0 Å². The van der Waals surface area contributed by atoms with Crippen LogP contribution in [0.5, 0.6) is 5.75 Å². The summed E-state index contributed by atoms with van der Waals surface area (Å²) in [4.78, 5) is 17.5. The number of phenols is 1. The van der Waals surface area contributed by atoms with Gasteiger partial charge in [0, 0.05) is 6.20 Å². The molecule has 124 valence electrons. The maximum Gasteiger partial charge on any atom is 0.274 e. The van der Waals surface area contributed by atoms with Crippen molar-refractivity contribution in [1.29, 1.82) is 0 Å². The minimum absolute atomic E-state index is 0.0518. The number of nitrogens with zero attached hydrogens (tertiary/aromatic N) is 2. The summed E-state index contributed by atoms with van der Waals surface area (Å²) < 4.78 is 1.82. The molecular formula is C19H21N3O2. The Morgan fingerprint density at radius 1 is 1.29 bits per heavy atom. The molecule has 0 aliphatic rings. The molecule has 2 heterocycles. The third-order valence-corrected chi connectivity index (χ3v) is 4.02. The van der Waals surface area contributed by atoms with Gasteiger partial charge in [-0.25, -0.2) is 4.98 Å². The Bertz CT molecular complexity index is 912. The van der Waals surface area contributed by atoms with Gasteiger partial charge in [0.15, 0.2) is 0 Å². The number of hydrogen-bond donors (Lipinski definition) is 2. The van der Waals surface area contributed by atoms with E-state index in [4.69, 9.17) is 0 Å². The van der Waals surface area contributed by atoms with Crippen molar-refractivity contribution in [2.45, 2.75) is 33.6 Å². The lowest BCUT2D eigenvalue weighted by Gasteiger charge is -2.09. The van der Waals surface area contributed by atoms with E-state index in [0.717, 1.165) is 35.3 Å². The Labute approximate surface area is 141 Å². The second kappa shape index (κ2) is 6.35. The monoisotopic (exact) mass is 323 g/mol. The minimum Gasteiger partial charge on any atom is -0.506 e. The normalized spacial score (nSPS) is 11.0. The smallest absolute Gasteiger partial charge is 0.274 e. The van der Waals surface area contributed by atoms with Crippen molar-refractivity contribution in [3.8, 4) is 5.75 Å². The molecule has 0 radical (unpaired) electrons. The molecule has 2 N–H and O–H groups in total. The molecule has 0 saturated carbocycles. The third kappa shape index (κ3) is 2.85. The molecule has 0 bridgehead atoms.